The normalized spacial score (nSPS) is 10.8. The van der Waals surface area contributed by atoms with E-state index in [0.717, 1.165) is 17.9 Å². The van der Waals surface area contributed by atoms with Crippen LogP contribution in [0.25, 0.3) is 0 Å². The van der Waals surface area contributed by atoms with Gasteiger partial charge in [0.15, 0.2) is 0 Å². The first-order valence-electron chi connectivity index (χ1n) is 4.47. The van der Waals surface area contributed by atoms with Crippen molar-refractivity contribution >= 4 is 0 Å². The highest BCUT2D eigenvalue weighted by molar-refractivity contribution is 5.16. The van der Waals surface area contributed by atoms with Gasteiger partial charge in [0, 0.05) is 17.8 Å². The van der Waals surface area contributed by atoms with Crippen molar-refractivity contribution in [1.29, 1.82) is 0 Å². The number of rotatable bonds is 2. The molecule has 2 nitrogen and oxygen atoms in total. The summed E-state index contributed by atoms with van der Waals surface area (Å²) in [4.78, 5) is 8.73. The van der Waals surface area contributed by atoms with E-state index in [1.165, 1.54) is 5.56 Å². The molecule has 1 heterocycles. The van der Waals surface area contributed by atoms with Gasteiger partial charge in [0.2, 0.25) is 0 Å². The van der Waals surface area contributed by atoms with E-state index in [-0.39, 0.29) is 0 Å². The Morgan fingerprint density at radius 1 is 1.42 bits per heavy atom. The first-order valence-corrected chi connectivity index (χ1v) is 4.47. The second-order valence-electron chi connectivity index (χ2n) is 3.35. The zero-order valence-electron chi connectivity index (χ0n) is 8.26. The molecule has 0 aliphatic rings. The molecule has 1 rings (SSSR count). The molecule has 0 saturated carbocycles. The molecule has 0 bridgehead atoms. The van der Waals surface area contributed by atoms with Gasteiger partial charge in [-0.05, 0) is 18.9 Å². The maximum Gasteiger partial charge on any atom is 0.131 e. The van der Waals surface area contributed by atoms with E-state index in [2.05, 4.69) is 30.7 Å². The molecule has 0 radical (unpaired) electrons. The number of hydrogen-bond acceptors (Lipinski definition) is 2. The SMILES string of the molecule is CCc1cnc(C(C)C)nc1C. The average molecular weight is 164 g/mol. The van der Waals surface area contributed by atoms with Gasteiger partial charge in [0.05, 0.1) is 0 Å². The maximum atomic E-state index is 4.43. The molecule has 0 aromatic carbocycles. The molecule has 0 spiro atoms. The molecule has 1 aromatic heterocycles. The van der Waals surface area contributed by atoms with Crippen LogP contribution in [0.1, 0.15) is 43.8 Å². The molecule has 0 aliphatic carbocycles. The van der Waals surface area contributed by atoms with Crippen LogP contribution < -0.4 is 0 Å². The largest absolute Gasteiger partial charge is 0.241 e. The molecule has 0 N–H and O–H groups in total. The molecular formula is C10H16N2. The third-order valence-electron chi connectivity index (χ3n) is 2.00. The lowest BCUT2D eigenvalue weighted by molar-refractivity contribution is 0.758. The predicted octanol–water partition coefficient (Wildman–Crippen LogP) is 2.47. The lowest BCUT2D eigenvalue weighted by atomic mass is 10.1. The monoisotopic (exact) mass is 164 g/mol. The summed E-state index contributed by atoms with van der Waals surface area (Å²) in [5.41, 5.74) is 2.37. The van der Waals surface area contributed by atoms with Crippen molar-refractivity contribution in [1.82, 2.24) is 9.97 Å². The minimum Gasteiger partial charge on any atom is -0.241 e. The molecule has 0 aliphatic heterocycles. The second kappa shape index (κ2) is 3.65. The summed E-state index contributed by atoms with van der Waals surface area (Å²) < 4.78 is 0. The van der Waals surface area contributed by atoms with Crippen molar-refractivity contribution in [2.24, 2.45) is 0 Å². The van der Waals surface area contributed by atoms with Gasteiger partial charge in [-0.3, -0.25) is 0 Å². The Balaban J connectivity index is 3.02. The first kappa shape index (κ1) is 9.17. The Bertz CT molecular complexity index is 267. The summed E-state index contributed by atoms with van der Waals surface area (Å²) in [6, 6.07) is 0. The van der Waals surface area contributed by atoms with E-state index in [1.54, 1.807) is 0 Å². The number of aryl methyl sites for hydroxylation is 2. The summed E-state index contributed by atoms with van der Waals surface area (Å²) in [6.07, 6.45) is 2.96. The van der Waals surface area contributed by atoms with Crippen molar-refractivity contribution in [3.05, 3.63) is 23.3 Å². The summed E-state index contributed by atoms with van der Waals surface area (Å²) in [5, 5.41) is 0. The predicted molar refractivity (Wildman–Crippen MR) is 50.2 cm³/mol. The van der Waals surface area contributed by atoms with E-state index >= 15 is 0 Å². The van der Waals surface area contributed by atoms with Gasteiger partial charge in [-0.25, -0.2) is 9.97 Å². The lowest BCUT2D eigenvalue weighted by Gasteiger charge is -2.06. The van der Waals surface area contributed by atoms with Gasteiger partial charge in [-0.1, -0.05) is 20.8 Å². The van der Waals surface area contributed by atoms with Gasteiger partial charge in [-0.2, -0.15) is 0 Å². The van der Waals surface area contributed by atoms with Crippen LogP contribution in [-0.4, -0.2) is 9.97 Å². The minimum absolute atomic E-state index is 0.426. The van der Waals surface area contributed by atoms with Crippen LogP contribution in [-0.2, 0) is 6.42 Å². The lowest BCUT2D eigenvalue weighted by Crippen LogP contribution is -2.01. The van der Waals surface area contributed by atoms with Crippen LogP contribution in [0.15, 0.2) is 6.20 Å². The third kappa shape index (κ3) is 1.81. The van der Waals surface area contributed by atoms with E-state index in [1.807, 2.05) is 13.1 Å². The number of aromatic nitrogens is 2. The Morgan fingerprint density at radius 2 is 2.08 bits per heavy atom. The molecule has 0 unspecified atom stereocenters. The van der Waals surface area contributed by atoms with Crippen LogP contribution in [0, 0.1) is 6.92 Å². The standard InChI is InChI=1S/C10H16N2/c1-5-9-6-11-10(7(2)3)12-8(9)4/h6-7H,5H2,1-4H3. The summed E-state index contributed by atoms with van der Waals surface area (Å²) >= 11 is 0. The van der Waals surface area contributed by atoms with E-state index in [0.29, 0.717) is 5.92 Å². The fraction of sp³-hybridized carbons (Fsp3) is 0.600. The van der Waals surface area contributed by atoms with Gasteiger partial charge in [-0.15, -0.1) is 0 Å². The topological polar surface area (TPSA) is 25.8 Å². The quantitative estimate of drug-likeness (QED) is 0.671. The highest BCUT2D eigenvalue weighted by Crippen LogP contribution is 2.11. The summed E-state index contributed by atoms with van der Waals surface area (Å²) in [7, 11) is 0. The smallest absolute Gasteiger partial charge is 0.131 e. The van der Waals surface area contributed by atoms with Crippen LogP contribution in [0.4, 0.5) is 0 Å². The Kier molecular flexibility index (Phi) is 2.79. The number of hydrogen-bond donors (Lipinski definition) is 0. The fourth-order valence-corrected chi connectivity index (χ4v) is 1.14. The molecule has 12 heavy (non-hydrogen) atoms. The molecule has 0 fully saturated rings. The van der Waals surface area contributed by atoms with Crippen LogP contribution >= 0.6 is 0 Å². The second-order valence-corrected chi connectivity index (χ2v) is 3.35. The Labute approximate surface area is 74.1 Å². The maximum absolute atomic E-state index is 4.43. The molecule has 0 atom stereocenters. The minimum atomic E-state index is 0.426. The molecule has 0 saturated heterocycles. The van der Waals surface area contributed by atoms with Crippen molar-refractivity contribution in [2.75, 3.05) is 0 Å². The molecule has 2 heteroatoms. The van der Waals surface area contributed by atoms with Crippen LogP contribution in [0.2, 0.25) is 0 Å². The van der Waals surface area contributed by atoms with Crippen LogP contribution in [0.3, 0.4) is 0 Å². The average Bonchev–Trinajstić information content (AvgIpc) is 2.04. The van der Waals surface area contributed by atoms with Crippen molar-refractivity contribution in [3.63, 3.8) is 0 Å². The van der Waals surface area contributed by atoms with Crippen molar-refractivity contribution < 1.29 is 0 Å². The summed E-state index contributed by atoms with van der Waals surface area (Å²) in [5.74, 6) is 1.37. The zero-order chi connectivity index (χ0) is 9.14. The van der Waals surface area contributed by atoms with Gasteiger partial charge >= 0.3 is 0 Å². The van der Waals surface area contributed by atoms with E-state index in [4.69, 9.17) is 0 Å². The van der Waals surface area contributed by atoms with Crippen molar-refractivity contribution in [3.8, 4) is 0 Å². The van der Waals surface area contributed by atoms with Crippen molar-refractivity contribution in [2.45, 2.75) is 40.0 Å². The zero-order valence-corrected chi connectivity index (χ0v) is 8.26. The number of nitrogens with zero attached hydrogens (tertiary/aromatic N) is 2. The Morgan fingerprint density at radius 3 is 2.50 bits per heavy atom. The van der Waals surface area contributed by atoms with Crippen LogP contribution in [0.5, 0.6) is 0 Å². The fourth-order valence-electron chi connectivity index (χ4n) is 1.14. The molecule has 0 amide bonds. The first-order chi connectivity index (χ1) is 5.65. The molecular weight excluding hydrogens is 148 g/mol. The van der Waals surface area contributed by atoms with Gasteiger partial charge < -0.3 is 0 Å². The van der Waals surface area contributed by atoms with E-state index in [9.17, 15) is 0 Å². The third-order valence-corrected chi connectivity index (χ3v) is 2.00. The van der Waals surface area contributed by atoms with Gasteiger partial charge in [0.1, 0.15) is 5.82 Å². The Hall–Kier alpha value is -0.920. The molecule has 66 valence electrons. The molecule has 1 aromatic rings. The summed E-state index contributed by atoms with van der Waals surface area (Å²) in [6.45, 7) is 8.40. The van der Waals surface area contributed by atoms with E-state index < -0.39 is 0 Å². The highest BCUT2D eigenvalue weighted by atomic mass is 14.9. The van der Waals surface area contributed by atoms with Gasteiger partial charge in [0.25, 0.3) is 0 Å². The highest BCUT2D eigenvalue weighted by Gasteiger charge is 2.04.